The predicted molar refractivity (Wildman–Crippen MR) is 98.6 cm³/mol. The van der Waals surface area contributed by atoms with E-state index in [-0.39, 0.29) is 55.3 Å². The summed E-state index contributed by atoms with van der Waals surface area (Å²) in [7, 11) is -2.16. The Bertz CT molecular complexity index is 830. The molecule has 0 aromatic heterocycles. The summed E-state index contributed by atoms with van der Waals surface area (Å²) in [6, 6.07) is 5.50. The van der Waals surface area contributed by atoms with Crippen LogP contribution >= 0.6 is 11.6 Å². The average Bonchev–Trinajstić information content (AvgIpc) is 2.85. The molecule has 0 atom stereocenters. The highest BCUT2D eigenvalue weighted by atomic mass is 35.5. The second-order valence-corrected chi connectivity index (χ2v) is 8.20. The van der Waals surface area contributed by atoms with Gasteiger partial charge in [0.05, 0.1) is 4.90 Å². The number of likely N-dealkylation sites (N-methyl/N-ethyl adjacent to an activating group) is 1. The van der Waals surface area contributed by atoms with E-state index in [9.17, 15) is 22.8 Å². The third kappa shape index (κ3) is 5.91. The van der Waals surface area contributed by atoms with Crippen LogP contribution in [0.1, 0.15) is 12.8 Å². The third-order valence-electron chi connectivity index (χ3n) is 3.86. The monoisotopic (exact) mass is 416 g/mol. The molecule has 0 unspecified atom stereocenters. The standard InChI is InChI=1S/C16H21ClN4O5S/c1-20-11-15(23)21(16(20)24)9-3-6-14(22)18-7-8-19-27(25,26)13-5-2-4-12(17)10-13/h2,4-5,10,19H,3,6-9,11H2,1H3,(H,18,22). The van der Waals surface area contributed by atoms with Crippen LogP contribution in [0.5, 0.6) is 0 Å². The first kappa shape index (κ1) is 21.1. The molecule has 2 rings (SSSR count). The second kappa shape index (κ2) is 9.16. The Labute approximate surface area is 162 Å². The highest BCUT2D eigenvalue weighted by molar-refractivity contribution is 7.89. The van der Waals surface area contributed by atoms with Gasteiger partial charge in [-0.2, -0.15) is 0 Å². The van der Waals surface area contributed by atoms with E-state index in [1.807, 2.05) is 0 Å². The van der Waals surface area contributed by atoms with E-state index in [4.69, 9.17) is 11.6 Å². The number of halogens is 1. The Morgan fingerprint density at radius 1 is 1.26 bits per heavy atom. The minimum atomic E-state index is -3.70. The summed E-state index contributed by atoms with van der Waals surface area (Å²) in [6.45, 7) is 0.367. The van der Waals surface area contributed by atoms with Gasteiger partial charge in [0.1, 0.15) is 6.54 Å². The average molecular weight is 417 g/mol. The smallest absolute Gasteiger partial charge is 0.326 e. The summed E-state index contributed by atoms with van der Waals surface area (Å²) >= 11 is 5.78. The molecule has 1 saturated heterocycles. The maximum absolute atomic E-state index is 12.1. The van der Waals surface area contributed by atoms with Crippen molar-refractivity contribution in [2.45, 2.75) is 17.7 Å². The van der Waals surface area contributed by atoms with E-state index < -0.39 is 10.0 Å². The van der Waals surface area contributed by atoms with Gasteiger partial charge in [-0.25, -0.2) is 17.9 Å². The first-order valence-electron chi connectivity index (χ1n) is 8.28. The first-order chi connectivity index (χ1) is 12.7. The zero-order valence-electron chi connectivity index (χ0n) is 14.8. The molecule has 1 aromatic rings. The quantitative estimate of drug-likeness (QED) is 0.446. The second-order valence-electron chi connectivity index (χ2n) is 5.99. The minimum Gasteiger partial charge on any atom is -0.355 e. The van der Waals surface area contributed by atoms with Crippen LogP contribution in [0.15, 0.2) is 29.2 Å². The Balaban J connectivity index is 1.66. The molecule has 1 aliphatic heterocycles. The number of nitrogens with zero attached hydrogens (tertiary/aromatic N) is 2. The van der Waals surface area contributed by atoms with E-state index in [0.717, 1.165) is 4.90 Å². The van der Waals surface area contributed by atoms with Gasteiger partial charge in [0.2, 0.25) is 21.8 Å². The summed E-state index contributed by atoms with van der Waals surface area (Å²) in [5.74, 6) is -0.567. The molecule has 27 heavy (non-hydrogen) atoms. The van der Waals surface area contributed by atoms with Gasteiger partial charge in [0, 0.05) is 38.1 Å². The highest BCUT2D eigenvalue weighted by Gasteiger charge is 2.32. The lowest BCUT2D eigenvalue weighted by molar-refractivity contribution is -0.126. The van der Waals surface area contributed by atoms with Crippen molar-refractivity contribution in [3.05, 3.63) is 29.3 Å². The van der Waals surface area contributed by atoms with Gasteiger partial charge in [-0.3, -0.25) is 14.5 Å². The Morgan fingerprint density at radius 3 is 2.63 bits per heavy atom. The first-order valence-corrected chi connectivity index (χ1v) is 10.1. The van der Waals surface area contributed by atoms with Gasteiger partial charge >= 0.3 is 6.03 Å². The van der Waals surface area contributed by atoms with E-state index in [0.29, 0.717) is 11.4 Å². The number of urea groups is 1. The summed E-state index contributed by atoms with van der Waals surface area (Å²) in [5.41, 5.74) is 0. The topological polar surface area (TPSA) is 116 Å². The Hall–Kier alpha value is -2.17. The lowest BCUT2D eigenvalue weighted by Crippen LogP contribution is -2.36. The molecule has 4 amide bonds. The third-order valence-corrected chi connectivity index (χ3v) is 5.56. The van der Waals surface area contributed by atoms with Gasteiger partial charge < -0.3 is 10.2 Å². The molecule has 1 heterocycles. The van der Waals surface area contributed by atoms with E-state index in [1.165, 1.54) is 30.1 Å². The molecular weight excluding hydrogens is 396 g/mol. The van der Waals surface area contributed by atoms with Crippen LogP contribution < -0.4 is 10.0 Å². The molecule has 0 aliphatic carbocycles. The van der Waals surface area contributed by atoms with Crippen LogP contribution in [0.25, 0.3) is 0 Å². The zero-order chi connectivity index (χ0) is 20.0. The van der Waals surface area contributed by atoms with Gasteiger partial charge in [0.25, 0.3) is 0 Å². The molecule has 0 bridgehead atoms. The summed E-state index contributed by atoms with van der Waals surface area (Å²) < 4.78 is 26.5. The van der Waals surface area contributed by atoms with Crippen molar-refractivity contribution in [3.63, 3.8) is 0 Å². The van der Waals surface area contributed by atoms with Crippen molar-refractivity contribution >= 4 is 39.5 Å². The van der Waals surface area contributed by atoms with Crippen molar-refractivity contribution in [1.82, 2.24) is 19.8 Å². The Kier molecular flexibility index (Phi) is 7.17. The molecule has 0 spiro atoms. The number of carbonyl (C=O) groups excluding carboxylic acids is 3. The van der Waals surface area contributed by atoms with Crippen LogP contribution in [0.4, 0.5) is 4.79 Å². The molecule has 0 radical (unpaired) electrons. The lowest BCUT2D eigenvalue weighted by Gasteiger charge is -2.13. The molecule has 11 heteroatoms. The Morgan fingerprint density at radius 2 is 2.00 bits per heavy atom. The number of nitrogens with one attached hydrogen (secondary N) is 2. The van der Waals surface area contributed by atoms with Crippen LogP contribution in [-0.2, 0) is 19.6 Å². The van der Waals surface area contributed by atoms with Crippen LogP contribution in [0, 0.1) is 0 Å². The molecule has 2 N–H and O–H groups in total. The van der Waals surface area contributed by atoms with Crippen molar-refractivity contribution in [1.29, 1.82) is 0 Å². The van der Waals surface area contributed by atoms with Gasteiger partial charge in [-0.1, -0.05) is 17.7 Å². The van der Waals surface area contributed by atoms with Crippen molar-refractivity contribution < 1.29 is 22.8 Å². The minimum absolute atomic E-state index is 0.0223. The van der Waals surface area contributed by atoms with Crippen molar-refractivity contribution in [2.24, 2.45) is 0 Å². The summed E-state index contributed by atoms with van der Waals surface area (Å²) in [6.07, 6.45) is 0.465. The number of rotatable bonds is 9. The van der Waals surface area contributed by atoms with Gasteiger partial charge in [-0.15, -0.1) is 0 Å². The van der Waals surface area contributed by atoms with Gasteiger partial charge in [0.15, 0.2) is 0 Å². The van der Waals surface area contributed by atoms with Crippen LogP contribution in [0.3, 0.4) is 0 Å². The van der Waals surface area contributed by atoms with Gasteiger partial charge in [-0.05, 0) is 24.6 Å². The van der Waals surface area contributed by atoms with Crippen LogP contribution in [-0.4, -0.2) is 69.3 Å². The fourth-order valence-electron chi connectivity index (χ4n) is 2.48. The summed E-state index contributed by atoms with van der Waals surface area (Å²) in [5, 5.41) is 2.90. The van der Waals surface area contributed by atoms with Crippen molar-refractivity contribution in [2.75, 3.05) is 33.2 Å². The molecule has 9 nitrogen and oxygen atoms in total. The maximum Gasteiger partial charge on any atom is 0.326 e. The largest absolute Gasteiger partial charge is 0.355 e. The summed E-state index contributed by atoms with van der Waals surface area (Å²) in [4.78, 5) is 37.6. The van der Waals surface area contributed by atoms with Crippen LogP contribution in [0.2, 0.25) is 5.02 Å². The number of hydrogen-bond acceptors (Lipinski definition) is 5. The SMILES string of the molecule is CN1CC(=O)N(CCCC(=O)NCCNS(=O)(=O)c2cccc(Cl)c2)C1=O. The molecule has 1 fully saturated rings. The molecule has 1 aliphatic rings. The molecular formula is C16H21ClN4O5S. The number of imide groups is 1. The number of benzene rings is 1. The number of hydrogen-bond donors (Lipinski definition) is 2. The fourth-order valence-corrected chi connectivity index (χ4v) is 3.81. The fraction of sp³-hybridized carbons (Fsp3) is 0.438. The normalized spacial score (nSPS) is 14.7. The molecule has 1 aromatic carbocycles. The van der Waals surface area contributed by atoms with E-state index >= 15 is 0 Å². The highest BCUT2D eigenvalue weighted by Crippen LogP contribution is 2.14. The predicted octanol–water partition coefficient (Wildman–Crippen LogP) is 0.409. The van der Waals surface area contributed by atoms with E-state index in [2.05, 4.69) is 10.0 Å². The molecule has 0 saturated carbocycles. The maximum atomic E-state index is 12.1. The zero-order valence-corrected chi connectivity index (χ0v) is 16.3. The van der Waals surface area contributed by atoms with Crippen molar-refractivity contribution in [3.8, 4) is 0 Å². The molecule has 148 valence electrons. The number of sulfonamides is 1. The number of carbonyl (C=O) groups is 3. The lowest BCUT2D eigenvalue weighted by atomic mass is 10.3. The number of amides is 4. The van der Waals surface area contributed by atoms with E-state index in [1.54, 1.807) is 6.07 Å².